The molecule has 1 aromatic heterocycles. The van der Waals surface area contributed by atoms with Crippen molar-refractivity contribution in [2.24, 2.45) is 0 Å². The van der Waals surface area contributed by atoms with Gasteiger partial charge in [0, 0.05) is 13.1 Å². The van der Waals surface area contributed by atoms with Gasteiger partial charge in [0.05, 0.1) is 20.8 Å². The normalized spacial score (nSPS) is 13.5. The zero-order valence-electron chi connectivity index (χ0n) is 19.4. The van der Waals surface area contributed by atoms with E-state index in [1.165, 1.54) is 12.1 Å². The Morgan fingerprint density at radius 1 is 1.00 bits per heavy atom. The molecule has 1 amide bonds. The molecule has 0 radical (unpaired) electrons. The number of nitrogens with zero attached hydrogens (tertiary/aromatic N) is 1. The predicted octanol–water partition coefficient (Wildman–Crippen LogP) is 6.37. The Balaban J connectivity index is 1.63. The molecule has 0 saturated heterocycles. The summed E-state index contributed by atoms with van der Waals surface area (Å²) in [4.78, 5) is 17.3. The summed E-state index contributed by atoms with van der Waals surface area (Å²) >= 11 is 1.60. The Kier molecular flexibility index (Phi) is 7.52. The molecule has 3 aromatic carbocycles. The van der Waals surface area contributed by atoms with E-state index in [-0.39, 0.29) is 11.9 Å². The summed E-state index contributed by atoms with van der Waals surface area (Å²) in [7, 11) is 1.60. The number of hydrogen-bond donors (Lipinski definition) is 2. The Bertz CT molecular complexity index is 1290. The lowest BCUT2D eigenvalue weighted by atomic mass is 9.96. The zero-order chi connectivity index (χ0) is 25.0. The standard InChI is InChI=1S/C27H26F3N3OS/c1-17-32-23-15-11-20(16-24(23)35-17)22(14-10-18-8-12-21(13-9-18)27(28,29)30)33-25(26(34)31-2)19-6-4-3-5-7-19/h3-9,11-13,15-16,22,25,33H,10,14H2,1-2H3,(H,31,34)/t22-,25-/m0/s1. The highest BCUT2D eigenvalue weighted by atomic mass is 32.1. The lowest BCUT2D eigenvalue weighted by Crippen LogP contribution is -2.38. The number of aromatic nitrogens is 1. The van der Waals surface area contributed by atoms with E-state index < -0.39 is 17.8 Å². The molecule has 0 aliphatic carbocycles. The summed E-state index contributed by atoms with van der Waals surface area (Å²) in [6, 6.07) is 20.0. The minimum atomic E-state index is -4.36. The molecule has 4 nitrogen and oxygen atoms in total. The fourth-order valence-corrected chi connectivity index (χ4v) is 4.98. The van der Waals surface area contributed by atoms with Crippen LogP contribution >= 0.6 is 11.3 Å². The van der Waals surface area contributed by atoms with Gasteiger partial charge in [-0.05, 0) is 60.7 Å². The van der Waals surface area contributed by atoms with Crippen molar-refractivity contribution in [1.82, 2.24) is 15.6 Å². The second kappa shape index (κ2) is 10.6. The highest BCUT2D eigenvalue weighted by Crippen LogP contribution is 2.31. The first-order chi connectivity index (χ1) is 16.7. The Labute approximate surface area is 206 Å². The molecule has 0 aliphatic heterocycles. The van der Waals surface area contributed by atoms with Crippen LogP contribution in [-0.2, 0) is 17.4 Å². The topological polar surface area (TPSA) is 54.0 Å². The number of amides is 1. The van der Waals surface area contributed by atoms with E-state index in [1.807, 2.05) is 49.4 Å². The van der Waals surface area contributed by atoms with Crippen molar-refractivity contribution in [3.8, 4) is 0 Å². The number of rotatable bonds is 8. The van der Waals surface area contributed by atoms with Gasteiger partial charge in [0.15, 0.2) is 0 Å². The molecule has 182 valence electrons. The van der Waals surface area contributed by atoms with Gasteiger partial charge in [0.25, 0.3) is 0 Å². The fourth-order valence-electron chi connectivity index (χ4n) is 4.11. The highest BCUT2D eigenvalue weighted by Gasteiger charge is 2.30. The second-order valence-corrected chi connectivity index (χ2v) is 9.61. The molecule has 4 rings (SSSR count). The molecule has 0 saturated carbocycles. The number of aryl methyl sites for hydroxylation is 2. The number of benzene rings is 3. The lowest BCUT2D eigenvalue weighted by molar-refractivity contribution is -0.137. The molecule has 8 heteroatoms. The summed E-state index contributed by atoms with van der Waals surface area (Å²) in [5.41, 5.74) is 2.89. The highest BCUT2D eigenvalue weighted by molar-refractivity contribution is 7.18. The summed E-state index contributed by atoms with van der Waals surface area (Å²) in [5.74, 6) is -0.162. The third kappa shape index (κ3) is 6.07. The first-order valence-electron chi connectivity index (χ1n) is 11.3. The van der Waals surface area contributed by atoms with Crippen LogP contribution in [0.25, 0.3) is 10.2 Å². The third-order valence-electron chi connectivity index (χ3n) is 5.93. The summed E-state index contributed by atoms with van der Waals surface area (Å²) < 4.78 is 39.9. The monoisotopic (exact) mass is 497 g/mol. The number of carbonyl (C=O) groups excluding carboxylic acids is 1. The molecular formula is C27H26F3N3OS. The molecule has 0 fully saturated rings. The number of halogens is 3. The van der Waals surface area contributed by atoms with Crippen molar-refractivity contribution in [2.75, 3.05) is 7.05 Å². The molecule has 0 bridgehead atoms. The van der Waals surface area contributed by atoms with E-state index in [1.54, 1.807) is 18.4 Å². The molecule has 0 spiro atoms. The quantitative estimate of drug-likeness (QED) is 0.297. The van der Waals surface area contributed by atoms with Crippen LogP contribution in [0.3, 0.4) is 0 Å². The van der Waals surface area contributed by atoms with Gasteiger partial charge in [-0.1, -0.05) is 48.5 Å². The van der Waals surface area contributed by atoms with Crippen LogP contribution in [0.2, 0.25) is 0 Å². The van der Waals surface area contributed by atoms with Gasteiger partial charge in [0.1, 0.15) is 6.04 Å². The van der Waals surface area contributed by atoms with Crippen molar-refractivity contribution in [2.45, 2.75) is 38.0 Å². The first kappa shape index (κ1) is 24.9. The number of carbonyl (C=O) groups is 1. The minimum Gasteiger partial charge on any atom is -0.358 e. The molecular weight excluding hydrogens is 471 g/mol. The van der Waals surface area contributed by atoms with Gasteiger partial charge >= 0.3 is 6.18 Å². The summed E-state index contributed by atoms with van der Waals surface area (Å²) in [5, 5.41) is 7.21. The first-order valence-corrected chi connectivity index (χ1v) is 12.1. The maximum Gasteiger partial charge on any atom is 0.416 e. The SMILES string of the molecule is CNC(=O)[C@@H](N[C@@H](CCc1ccc(C(F)(F)F)cc1)c1ccc2nc(C)sc2c1)c1ccccc1. The Hall–Kier alpha value is -3.23. The van der Waals surface area contributed by atoms with Crippen LogP contribution in [0, 0.1) is 6.92 Å². The third-order valence-corrected chi connectivity index (χ3v) is 6.87. The van der Waals surface area contributed by atoms with E-state index >= 15 is 0 Å². The number of likely N-dealkylation sites (N-methyl/N-ethyl adjacent to an activating group) is 1. The van der Waals surface area contributed by atoms with E-state index in [0.717, 1.165) is 44.0 Å². The van der Waals surface area contributed by atoms with Crippen LogP contribution in [-0.4, -0.2) is 17.9 Å². The molecule has 2 N–H and O–H groups in total. The molecule has 0 unspecified atom stereocenters. The molecule has 0 aliphatic rings. The van der Waals surface area contributed by atoms with Crippen molar-refractivity contribution in [1.29, 1.82) is 0 Å². The Morgan fingerprint density at radius 3 is 2.37 bits per heavy atom. The van der Waals surface area contributed by atoms with Gasteiger partial charge in [-0.25, -0.2) is 4.98 Å². The van der Waals surface area contributed by atoms with Gasteiger partial charge in [-0.15, -0.1) is 11.3 Å². The number of nitrogens with one attached hydrogen (secondary N) is 2. The Morgan fingerprint density at radius 2 is 1.71 bits per heavy atom. The molecule has 2 atom stereocenters. The van der Waals surface area contributed by atoms with Crippen LogP contribution in [0.15, 0.2) is 72.8 Å². The maximum absolute atomic E-state index is 12.9. The molecule has 35 heavy (non-hydrogen) atoms. The largest absolute Gasteiger partial charge is 0.416 e. The smallest absolute Gasteiger partial charge is 0.358 e. The van der Waals surface area contributed by atoms with Crippen LogP contribution in [0.1, 0.15) is 45.8 Å². The second-order valence-electron chi connectivity index (χ2n) is 8.37. The van der Waals surface area contributed by atoms with Gasteiger partial charge in [-0.2, -0.15) is 13.2 Å². The minimum absolute atomic E-state index is 0.162. The van der Waals surface area contributed by atoms with Crippen LogP contribution in [0.5, 0.6) is 0 Å². The zero-order valence-corrected chi connectivity index (χ0v) is 20.2. The van der Waals surface area contributed by atoms with Gasteiger partial charge in [0.2, 0.25) is 5.91 Å². The van der Waals surface area contributed by atoms with Crippen molar-refractivity contribution in [3.05, 3.63) is 100 Å². The number of alkyl halides is 3. The number of thiazole rings is 1. The summed E-state index contributed by atoms with van der Waals surface area (Å²) in [6.07, 6.45) is -3.22. The van der Waals surface area contributed by atoms with E-state index in [4.69, 9.17) is 0 Å². The van der Waals surface area contributed by atoms with E-state index in [0.29, 0.717) is 12.8 Å². The van der Waals surface area contributed by atoms with Gasteiger partial charge in [-0.3, -0.25) is 10.1 Å². The van der Waals surface area contributed by atoms with E-state index in [2.05, 4.69) is 21.7 Å². The fraction of sp³-hybridized carbons (Fsp3) is 0.259. The number of hydrogen-bond acceptors (Lipinski definition) is 4. The van der Waals surface area contributed by atoms with Gasteiger partial charge < -0.3 is 5.32 Å². The lowest BCUT2D eigenvalue weighted by Gasteiger charge is -2.26. The number of fused-ring (bicyclic) bond motifs is 1. The van der Waals surface area contributed by atoms with Crippen molar-refractivity contribution < 1.29 is 18.0 Å². The van der Waals surface area contributed by atoms with E-state index in [9.17, 15) is 18.0 Å². The maximum atomic E-state index is 12.9. The molecule has 4 aromatic rings. The van der Waals surface area contributed by atoms with Crippen molar-refractivity contribution >= 4 is 27.5 Å². The van der Waals surface area contributed by atoms with Crippen molar-refractivity contribution in [3.63, 3.8) is 0 Å². The van der Waals surface area contributed by atoms with Crippen LogP contribution < -0.4 is 10.6 Å². The van der Waals surface area contributed by atoms with Crippen LogP contribution in [0.4, 0.5) is 13.2 Å². The molecule has 1 heterocycles. The average molecular weight is 498 g/mol. The predicted molar refractivity (Wildman–Crippen MR) is 133 cm³/mol. The average Bonchev–Trinajstić information content (AvgIpc) is 3.23. The summed E-state index contributed by atoms with van der Waals surface area (Å²) in [6.45, 7) is 1.96.